The van der Waals surface area contributed by atoms with Gasteiger partial charge in [-0.25, -0.2) is 9.78 Å². The number of rotatable bonds is 3. The Morgan fingerprint density at radius 1 is 1.42 bits per heavy atom. The van der Waals surface area contributed by atoms with Crippen molar-refractivity contribution in [2.24, 2.45) is 0 Å². The van der Waals surface area contributed by atoms with E-state index in [1.165, 1.54) is 12.3 Å². The summed E-state index contributed by atoms with van der Waals surface area (Å²) in [5.41, 5.74) is 6.41. The lowest BCUT2D eigenvalue weighted by Crippen LogP contribution is -2.04. The van der Waals surface area contributed by atoms with Crippen LogP contribution in [0.15, 0.2) is 30.5 Å². The Balaban J connectivity index is 2.36. The summed E-state index contributed by atoms with van der Waals surface area (Å²) in [5.74, 6) is -0.467. The van der Waals surface area contributed by atoms with E-state index in [9.17, 15) is 4.79 Å². The number of aryl methyl sites for hydroxylation is 1. The van der Waals surface area contributed by atoms with E-state index in [2.05, 4.69) is 4.98 Å². The predicted molar refractivity (Wildman–Crippen MR) is 71.9 cm³/mol. The van der Waals surface area contributed by atoms with Crippen molar-refractivity contribution in [3.63, 3.8) is 0 Å². The fourth-order valence-electron chi connectivity index (χ4n) is 1.48. The number of aromatic nitrogens is 1. The molecule has 0 spiro atoms. The number of hydrogen-bond donors (Lipinski definition) is 2. The first kappa shape index (κ1) is 13.2. The molecule has 0 atom stereocenters. The van der Waals surface area contributed by atoms with E-state index in [0.29, 0.717) is 10.8 Å². The fourth-order valence-corrected chi connectivity index (χ4v) is 1.65. The molecule has 19 heavy (non-hydrogen) atoms. The number of nitrogen functional groups attached to an aromatic ring is 1. The number of nitrogens with two attached hydrogens (primary N) is 1. The number of benzene rings is 1. The number of nitrogens with zero attached hydrogens (tertiary/aromatic N) is 1. The van der Waals surface area contributed by atoms with Crippen LogP contribution in [0.1, 0.15) is 15.9 Å². The van der Waals surface area contributed by atoms with Crippen LogP contribution in [0.25, 0.3) is 0 Å². The minimum absolute atomic E-state index is 0.0512. The summed E-state index contributed by atoms with van der Waals surface area (Å²) in [4.78, 5) is 14.9. The number of carboxylic acid groups (broad SMARTS) is 1. The van der Waals surface area contributed by atoms with Crippen molar-refractivity contribution in [3.05, 3.63) is 46.6 Å². The summed E-state index contributed by atoms with van der Waals surface area (Å²) in [6, 6.07) is 6.45. The van der Waals surface area contributed by atoms with Gasteiger partial charge in [0.1, 0.15) is 5.75 Å². The lowest BCUT2D eigenvalue weighted by Gasteiger charge is -2.09. The lowest BCUT2D eigenvalue weighted by molar-refractivity contribution is 0.0697. The summed E-state index contributed by atoms with van der Waals surface area (Å²) in [5, 5.41) is 9.49. The number of carboxylic acids is 1. The average Bonchev–Trinajstić information content (AvgIpc) is 2.36. The van der Waals surface area contributed by atoms with Crippen LogP contribution in [0.4, 0.5) is 5.69 Å². The molecule has 0 radical (unpaired) electrons. The molecule has 0 unspecified atom stereocenters. The van der Waals surface area contributed by atoms with Gasteiger partial charge < -0.3 is 15.6 Å². The fraction of sp³-hybridized carbons (Fsp3) is 0.0769. The van der Waals surface area contributed by atoms with E-state index in [1.54, 1.807) is 18.2 Å². The molecule has 2 aromatic rings. The molecule has 0 saturated heterocycles. The molecular formula is C13H11ClN2O3. The van der Waals surface area contributed by atoms with Gasteiger partial charge in [-0.3, -0.25) is 0 Å². The van der Waals surface area contributed by atoms with Crippen LogP contribution in [-0.2, 0) is 0 Å². The Morgan fingerprint density at radius 2 is 2.16 bits per heavy atom. The molecule has 1 heterocycles. The number of hydrogen-bond acceptors (Lipinski definition) is 4. The van der Waals surface area contributed by atoms with Crippen molar-refractivity contribution in [1.29, 1.82) is 0 Å². The molecule has 5 nitrogen and oxygen atoms in total. The largest absolute Gasteiger partial charge is 0.478 e. The monoisotopic (exact) mass is 278 g/mol. The Hall–Kier alpha value is -2.27. The zero-order valence-electron chi connectivity index (χ0n) is 10.1. The highest BCUT2D eigenvalue weighted by Gasteiger charge is 2.11. The number of aromatic carboxylic acids is 1. The zero-order valence-corrected chi connectivity index (χ0v) is 10.8. The van der Waals surface area contributed by atoms with Gasteiger partial charge in [0.25, 0.3) is 0 Å². The summed E-state index contributed by atoms with van der Waals surface area (Å²) >= 11 is 5.88. The van der Waals surface area contributed by atoms with E-state index >= 15 is 0 Å². The molecule has 2 rings (SSSR count). The highest BCUT2D eigenvalue weighted by molar-refractivity contribution is 6.30. The summed E-state index contributed by atoms with van der Waals surface area (Å²) in [7, 11) is 0. The van der Waals surface area contributed by atoms with E-state index in [1.807, 2.05) is 6.92 Å². The zero-order chi connectivity index (χ0) is 14.0. The van der Waals surface area contributed by atoms with E-state index in [-0.39, 0.29) is 17.1 Å². The normalized spacial score (nSPS) is 10.2. The van der Waals surface area contributed by atoms with E-state index in [0.717, 1.165) is 5.56 Å². The van der Waals surface area contributed by atoms with E-state index in [4.69, 9.17) is 27.2 Å². The molecule has 0 aliphatic rings. The van der Waals surface area contributed by atoms with Crippen LogP contribution in [0, 0.1) is 6.92 Å². The third-order valence-electron chi connectivity index (χ3n) is 2.50. The third-order valence-corrected chi connectivity index (χ3v) is 2.74. The maximum absolute atomic E-state index is 11.0. The Bertz CT molecular complexity index is 644. The Kier molecular flexibility index (Phi) is 3.57. The first-order valence-corrected chi connectivity index (χ1v) is 5.78. The van der Waals surface area contributed by atoms with Crippen molar-refractivity contribution < 1.29 is 14.6 Å². The van der Waals surface area contributed by atoms with Crippen molar-refractivity contribution >= 4 is 23.3 Å². The van der Waals surface area contributed by atoms with Crippen LogP contribution in [0.3, 0.4) is 0 Å². The van der Waals surface area contributed by atoms with Crippen molar-refractivity contribution in [1.82, 2.24) is 4.98 Å². The number of halogens is 1. The molecule has 0 aliphatic carbocycles. The molecule has 6 heteroatoms. The summed E-state index contributed by atoms with van der Waals surface area (Å²) in [6.45, 7) is 1.85. The molecular weight excluding hydrogens is 268 g/mol. The highest BCUT2D eigenvalue weighted by atomic mass is 35.5. The van der Waals surface area contributed by atoms with Crippen LogP contribution in [0.5, 0.6) is 11.6 Å². The molecule has 3 N–H and O–H groups in total. The van der Waals surface area contributed by atoms with Gasteiger partial charge in [-0.15, -0.1) is 0 Å². The van der Waals surface area contributed by atoms with Gasteiger partial charge in [-0.2, -0.15) is 0 Å². The number of anilines is 1. The first-order chi connectivity index (χ1) is 8.97. The van der Waals surface area contributed by atoms with Crippen molar-refractivity contribution in [2.75, 3.05) is 5.73 Å². The standard InChI is InChI=1S/C13H11ClN2O3/c1-7-2-3-8(14)4-11(7)19-12-5-9(13(17)18)10(15)6-16-12/h2-6H,15H2,1H3,(H,17,18). The van der Waals surface area contributed by atoms with Crippen LogP contribution < -0.4 is 10.5 Å². The van der Waals surface area contributed by atoms with Crippen LogP contribution >= 0.6 is 11.6 Å². The lowest BCUT2D eigenvalue weighted by atomic mass is 10.2. The van der Waals surface area contributed by atoms with Gasteiger partial charge in [0.2, 0.25) is 5.88 Å². The number of carbonyl (C=O) groups is 1. The maximum Gasteiger partial charge on any atom is 0.338 e. The maximum atomic E-state index is 11.0. The minimum Gasteiger partial charge on any atom is -0.478 e. The van der Waals surface area contributed by atoms with Crippen LogP contribution in [-0.4, -0.2) is 16.1 Å². The molecule has 0 amide bonds. The second-order valence-electron chi connectivity index (χ2n) is 3.93. The van der Waals surface area contributed by atoms with Gasteiger partial charge in [0.15, 0.2) is 0 Å². The predicted octanol–water partition coefficient (Wildman–Crippen LogP) is 3.12. The molecule has 0 saturated carbocycles. The minimum atomic E-state index is -1.13. The van der Waals surface area contributed by atoms with Crippen LogP contribution in [0.2, 0.25) is 5.02 Å². The molecule has 0 aliphatic heterocycles. The quantitative estimate of drug-likeness (QED) is 0.901. The van der Waals surface area contributed by atoms with Crippen molar-refractivity contribution in [2.45, 2.75) is 6.92 Å². The summed E-state index contributed by atoms with van der Waals surface area (Å²) < 4.78 is 5.52. The molecule has 1 aromatic carbocycles. The smallest absolute Gasteiger partial charge is 0.338 e. The Morgan fingerprint density at radius 3 is 2.84 bits per heavy atom. The van der Waals surface area contributed by atoms with Gasteiger partial charge in [-0.05, 0) is 24.6 Å². The SMILES string of the molecule is Cc1ccc(Cl)cc1Oc1cc(C(=O)O)c(N)cn1. The van der Waals surface area contributed by atoms with Gasteiger partial charge in [0.05, 0.1) is 17.4 Å². The topological polar surface area (TPSA) is 85.4 Å². The molecule has 0 fully saturated rings. The van der Waals surface area contributed by atoms with Crippen molar-refractivity contribution in [3.8, 4) is 11.6 Å². The second kappa shape index (κ2) is 5.16. The number of ether oxygens (including phenoxy) is 1. The highest BCUT2D eigenvalue weighted by Crippen LogP contribution is 2.28. The van der Waals surface area contributed by atoms with E-state index < -0.39 is 5.97 Å². The first-order valence-electron chi connectivity index (χ1n) is 5.40. The summed E-state index contributed by atoms with van der Waals surface area (Å²) in [6.07, 6.45) is 1.25. The van der Waals surface area contributed by atoms with Gasteiger partial charge in [-0.1, -0.05) is 17.7 Å². The van der Waals surface area contributed by atoms with Gasteiger partial charge >= 0.3 is 5.97 Å². The Labute approximate surface area is 114 Å². The second-order valence-corrected chi connectivity index (χ2v) is 4.36. The average molecular weight is 279 g/mol. The van der Waals surface area contributed by atoms with Gasteiger partial charge in [0, 0.05) is 11.1 Å². The molecule has 98 valence electrons. The number of pyridine rings is 1. The third kappa shape index (κ3) is 2.95. The molecule has 1 aromatic heterocycles. The molecule has 0 bridgehead atoms.